The van der Waals surface area contributed by atoms with Crippen molar-refractivity contribution in [2.45, 2.75) is 26.8 Å². The van der Waals surface area contributed by atoms with Crippen molar-refractivity contribution in [1.82, 2.24) is 0 Å². The zero-order valence-electron chi connectivity index (χ0n) is 23.2. The number of ketones is 1. The maximum atomic E-state index is 13.7. The lowest BCUT2D eigenvalue weighted by atomic mass is 9.94. The summed E-state index contributed by atoms with van der Waals surface area (Å²) in [7, 11) is 3.01. The summed E-state index contributed by atoms with van der Waals surface area (Å²) in [5.41, 5.74) is 1.06. The van der Waals surface area contributed by atoms with Crippen LogP contribution >= 0.6 is 0 Å². The molecule has 0 spiro atoms. The van der Waals surface area contributed by atoms with Crippen LogP contribution in [0, 0.1) is 0 Å². The number of ether oxygens (including phenoxy) is 5. The summed E-state index contributed by atoms with van der Waals surface area (Å²) in [6, 6.07) is 16.0. The number of para-hydroxylation sites is 2. The summed E-state index contributed by atoms with van der Waals surface area (Å²) in [4.78, 5) is 28.7. The molecule has 0 aromatic heterocycles. The first kappa shape index (κ1) is 28.4. The van der Waals surface area contributed by atoms with Crippen molar-refractivity contribution < 1.29 is 38.4 Å². The molecule has 3 aromatic rings. The second-order valence-corrected chi connectivity index (χ2v) is 8.71. The molecule has 1 unspecified atom stereocenters. The number of aliphatic hydroxyl groups is 1. The van der Waals surface area contributed by atoms with Crippen LogP contribution in [0.3, 0.4) is 0 Å². The van der Waals surface area contributed by atoms with Crippen LogP contribution in [0.4, 0.5) is 5.69 Å². The fourth-order valence-corrected chi connectivity index (χ4v) is 4.73. The first-order valence-electron chi connectivity index (χ1n) is 13.0. The molecule has 0 bridgehead atoms. The van der Waals surface area contributed by atoms with Crippen LogP contribution in [0.5, 0.6) is 28.7 Å². The Morgan fingerprint density at radius 3 is 2.12 bits per heavy atom. The molecular formula is C31H33NO8. The van der Waals surface area contributed by atoms with Crippen molar-refractivity contribution >= 4 is 23.1 Å². The molecule has 1 aliphatic rings. The van der Waals surface area contributed by atoms with Gasteiger partial charge in [0.15, 0.2) is 11.5 Å². The van der Waals surface area contributed by atoms with Crippen LogP contribution in [0.1, 0.15) is 37.9 Å². The van der Waals surface area contributed by atoms with Crippen LogP contribution in [-0.2, 0) is 9.59 Å². The summed E-state index contributed by atoms with van der Waals surface area (Å²) >= 11 is 0. The Kier molecular flexibility index (Phi) is 8.83. The van der Waals surface area contributed by atoms with Crippen molar-refractivity contribution in [3.05, 3.63) is 77.4 Å². The summed E-state index contributed by atoms with van der Waals surface area (Å²) in [6.07, 6.45) is 0. The third-order valence-electron chi connectivity index (χ3n) is 6.41. The standard InChI is InChI=1S/C31H33NO8/c1-6-38-20-14-15-21(25(18-20)39-7-2)29(33)27-28(19-13-16-24(37-5)26(17-19)40-8-3)32(31(35)30(27)34)22-11-9-10-12-23(22)36-4/h9-18,28,33H,6-8H2,1-5H3/b29-27+. The molecule has 1 atom stereocenters. The van der Waals surface area contributed by atoms with Gasteiger partial charge in [-0.2, -0.15) is 0 Å². The normalized spacial score (nSPS) is 16.1. The Morgan fingerprint density at radius 1 is 0.775 bits per heavy atom. The fourth-order valence-electron chi connectivity index (χ4n) is 4.73. The van der Waals surface area contributed by atoms with E-state index in [-0.39, 0.29) is 16.9 Å². The smallest absolute Gasteiger partial charge is 0.300 e. The first-order valence-corrected chi connectivity index (χ1v) is 13.0. The molecule has 4 rings (SSSR count). The molecule has 9 heteroatoms. The van der Waals surface area contributed by atoms with E-state index >= 15 is 0 Å². The number of aliphatic hydroxyl groups excluding tert-OH is 1. The predicted octanol–water partition coefficient (Wildman–Crippen LogP) is 5.53. The minimum atomic E-state index is -1.01. The SMILES string of the molecule is CCOc1ccc(/C(O)=C2\C(=O)C(=O)N(c3ccccc3OC)C2c2ccc(OC)c(OCC)c2)c(OCC)c1. The van der Waals surface area contributed by atoms with Gasteiger partial charge in [0.05, 0.1) is 56.9 Å². The van der Waals surface area contributed by atoms with Crippen LogP contribution in [0.25, 0.3) is 5.76 Å². The number of hydrogen-bond acceptors (Lipinski definition) is 8. The maximum Gasteiger partial charge on any atom is 0.300 e. The highest BCUT2D eigenvalue weighted by molar-refractivity contribution is 6.52. The molecule has 210 valence electrons. The van der Waals surface area contributed by atoms with Gasteiger partial charge in [-0.25, -0.2) is 0 Å². The molecule has 0 aliphatic carbocycles. The molecule has 40 heavy (non-hydrogen) atoms. The number of methoxy groups -OCH3 is 2. The van der Waals surface area contributed by atoms with E-state index in [0.717, 1.165) is 0 Å². The second kappa shape index (κ2) is 12.5. The van der Waals surface area contributed by atoms with Gasteiger partial charge in [0.2, 0.25) is 0 Å². The number of benzene rings is 3. The maximum absolute atomic E-state index is 13.7. The highest BCUT2D eigenvalue weighted by atomic mass is 16.5. The second-order valence-electron chi connectivity index (χ2n) is 8.71. The lowest BCUT2D eigenvalue weighted by molar-refractivity contribution is -0.132. The molecule has 9 nitrogen and oxygen atoms in total. The van der Waals surface area contributed by atoms with E-state index in [9.17, 15) is 14.7 Å². The van der Waals surface area contributed by atoms with Crippen molar-refractivity contribution in [3.8, 4) is 28.7 Å². The number of amides is 1. The summed E-state index contributed by atoms with van der Waals surface area (Å²) in [5, 5.41) is 11.7. The van der Waals surface area contributed by atoms with Crippen LogP contribution in [0.15, 0.2) is 66.2 Å². The van der Waals surface area contributed by atoms with Crippen molar-refractivity contribution in [3.63, 3.8) is 0 Å². The molecule has 1 amide bonds. The van der Waals surface area contributed by atoms with Gasteiger partial charge in [-0.05, 0) is 62.7 Å². The van der Waals surface area contributed by atoms with Gasteiger partial charge in [-0.1, -0.05) is 18.2 Å². The van der Waals surface area contributed by atoms with E-state index in [2.05, 4.69) is 0 Å². The van der Waals surface area contributed by atoms with Gasteiger partial charge >= 0.3 is 0 Å². The highest BCUT2D eigenvalue weighted by Gasteiger charge is 2.48. The number of anilines is 1. The fraction of sp³-hybridized carbons (Fsp3) is 0.290. The molecule has 1 aliphatic heterocycles. The number of carbonyl (C=O) groups excluding carboxylic acids is 2. The molecule has 3 aromatic carbocycles. The Hall–Kier alpha value is -4.66. The van der Waals surface area contributed by atoms with Crippen molar-refractivity contribution in [1.29, 1.82) is 0 Å². The van der Waals surface area contributed by atoms with Crippen molar-refractivity contribution in [2.75, 3.05) is 38.9 Å². The van der Waals surface area contributed by atoms with Gasteiger partial charge in [0.25, 0.3) is 11.7 Å². The summed E-state index contributed by atoms with van der Waals surface area (Å²) in [6.45, 7) is 6.64. The predicted molar refractivity (Wildman–Crippen MR) is 151 cm³/mol. The zero-order valence-corrected chi connectivity index (χ0v) is 23.2. The Labute approximate surface area is 233 Å². The van der Waals surface area contributed by atoms with Gasteiger partial charge in [0, 0.05) is 6.07 Å². The van der Waals surface area contributed by atoms with Crippen LogP contribution < -0.4 is 28.6 Å². The van der Waals surface area contributed by atoms with Crippen molar-refractivity contribution in [2.24, 2.45) is 0 Å². The minimum absolute atomic E-state index is 0.103. The number of rotatable bonds is 11. The Morgan fingerprint density at radius 2 is 1.45 bits per heavy atom. The molecule has 0 radical (unpaired) electrons. The Balaban J connectivity index is 2.00. The number of nitrogens with zero attached hydrogens (tertiary/aromatic N) is 1. The number of Topliss-reactive ketones (excluding diaryl/α,β-unsaturated/α-hetero) is 1. The first-order chi connectivity index (χ1) is 19.4. The summed E-state index contributed by atoms with van der Waals surface area (Å²) < 4.78 is 28.1. The third kappa shape index (κ3) is 5.27. The van der Waals surface area contributed by atoms with Gasteiger partial charge in [0.1, 0.15) is 23.0 Å². The van der Waals surface area contributed by atoms with Gasteiger partial charge in [-0.3, -0.25) is 14.5 Å². The highest BCUT2D eigenvalue weighted by Crippen LogP contribution is 2.47. The molecule has 0 saturated carbocycles. The van der Waals surface area contributed by atoms with E-state index in [1.807, 2.05) is 20.8 Å². The largest absolute Gasteiger partial charge is 0.507 e. The molecule has 1 N–H and O–H groups in total. The average Bonchev–Trinajstić information content (AvgIpc) is 3.23. The van der Waals surface area contributed by atoms with Gasteiger partial charge < -0.3 is 28.8 Å². The summed E-state index contributed by atoms with van der Waals surface area (Å²) in [5.74, 6) is 0.148. The molecule has 1 saturated heterocycles. The van der Waals surface area contributed by atoms with Gasteiger partial charge in [-0.15, -0.1) is 0 Å². The minimum Gasteiger partial charge on any atom is -0.507 e. The Bertz CT molecular complexity index is 1430. The lowest BCUT2D eigenvalue weighted by Crippen LogP contribution is -2.29. The van der Waals surface area contributed by atoms with E-state index in [1.54, 1.807) is 60.7 Å². The third-order valence-corrected chi connectivity index (χ3v) is 6.41. The number of hydrogen-bond donors (Lipinski definition) is 1. The topological polar surface area (TPSA) is 104 Å². The average molecular weight is 548 g/mol. The number of carbonyl (C=O) groups is 2. The van der Waals surface area contributed by atoms with Crippen LogP contribution in [-0.4, -0.2) is 50.8 Å². The molecule has 1 heterocycles. The van der Waals surface area contributed by atoms with E-state index in [4.69, 9.17) is 23.7 Å². The molecular weight excluding hydrogens is 514 g/mol. The lowest BCUT2D eigenvalue weighted by Gasteiger charge is -2.27. The molecule has 1 fully saturated rings. The van der Waals surface area contributed by atoms with E-state index in [0.29, 0.717) is 59.8 Å². The van der Waals surface area contributed by atoms with Crippen LogP contribution in [0.2, 0.25) is 0 Å². The monoisotopic (exact) mass is 547 g/mol. The quantitative estimate of drug-likeness (QED) is 0.190. The zero-order chi connectivity index (χ0) is 28.8. The van der Waals surface area contributed by atoms with E-state index < -0.39 is 17.7 Å². The van der Waals surface area contributed by atoms with E-state index in [1.165, 1.54) is 19.1 Å².